The molecule has 0 saturated heterocycles. The Morgan fingerprint density at radius 3 is 2.65 bits per heavy atom. The lowest BCUT2D eigenvalue weighted by atomic mass is 10.2. The van der Waals surface area contributed by atoms with Crippen LogP contribution >= 0.6 is 0 Å². The zero-order valence-corrected chi connectivity index (χ0v) is 9.49. The summed E-state index contributed by atoms with van der Waals surface area (Å²) in [5, 5.41) is 11.0. The summed E-state index contributed by atoms with van der Waals surface area (Å²) in [5.41, 5.74) is 0.437. The highest BCUT2D eigenvalue weighted by molar-refractivity contribution is 5.14. The molecule has 94 valence electrons. The Kier molecular flexibility index (Phi) is 4.12. The molecular formula is C10H13F3N4. The van der Waals surface area contributed by atoms with Crippen molar-refractivity contribution in [1.29, 1.82) is 5.26 Å². The predicted molar refractivity (Wildman–Crippen MR) is 55.0 cm³/mol. The third-order valence-electron chi connectivity index (χ3n) is 2.18. The van der Waals surface area contributed by atoms with Gasteiger partial charge in [0.2, 0.25) is 0 Å². The summed E-state index contributed by atoms with van der Waals surface area (Å²) in [6, 6.07) is 0.826. The van der Waals surface area contributed by atoms with Crippen molar-refractivity contribution in [2.24, 2.45) is 0 Å². The Morgan fingerprint density at radius 1 is 1.53 bits per heavy atom. The van der Waals surface area contributed by atoms with Gasteiger partial charge in [0.05, 0.1) is 30.8 Å². The number of imidazole rings is 1. The van der Waals surface area contributed by atoms with Crippen molar-refractivity contribution in [1.82, 2.24) is 14.9 Å². The Hall–Kier alpha value is -1.55. The van der Waals surface area contributed by atoms with Gasteiger partial charge in [-0.25, -0.2) is 4.98 Å². The molecule has 0 radical (unpaired) electrons. The molecule has 1 aromatic heterocycles. The van der Waals surface area contributed by atoms with Gasteiger partial charge >= 0.3 is 6.18 Å². The van der Waals surface area contributed by atoms with Gasteiger partial charge < -0.3 is 4.57 Å². The Morgan fingerprint density at radius 2 is 2.18 bits per heavy atom. The minimum Gasteiger partial charge on any atom is -0.330 e. The molecule has 1 atom stereocenters. The fraction of sp³-hybridized carbons (Fsp3) is 0.600. The van der Waals surface area contributed by atoms with Crippen LogP contribution in [-0.2, 0) is 0 Å². The zero-order chi connectivity index (χ0) is 13.1. The van der Waals surface area contributed by atoms with Crippen LogP contribution in [0.2, 0.25) is 0 Å². The van der Waals surface area contributed by atoms with E-state index in [2.05, 4.69) is 10.3 Å². The molecule has 1 aromatic rings. The minimum absolute atomic E-state index is 0.0380. The zero-order valence-electron chi connectivity index (χ0n) is 9.49. The highest BCUT2D eigenvalue weighted by Crippen LogP contribution is 2.19. The summed E-state index contributed by atoms with van der Waals surface area (Å²) >= 11 is 0. The van der Waals surface area contributed by atoms with E-state index in [0.29, 0.717) is 5.69 Å². The first-order chi connectivity index (χ1) is 7.85. The molecule has 0 bridgehead atoms. The smallest absolute Gasteiger partial charge is 0.330 e. The predicted octanol–water partition coefficient (Wildman–Crippen LogP) is 2.18. The molecule has 0 spiro atoms. The molecular weight excluding hydrogens is 233 g/mol. The fourth-order valence-electron chi connectivity index (χ4n) is 1.40. The summed E-state index contributed by atoms with van der Waals surface area (Å²) in [6.45, 7) is 2.53. The number of halogens is 3. The average molecular weight is 246 g/mol. The van der Waals surface area contributed by atoms with Crippen LogP contribution in [-0.4, -0.2) is 22.3 Å². The van der Waals surface area contributed by atoms with Gasteiger partial charge in [-0.3, -0.25) is 5.32 Å². The lowest BCUT2D eigenvalue weighted by molar-refractivity contribution is -0.125. The summed E-state index contributed by atoms with van der Waals surface area (Å²) in [6.07, 6.45) is -1.44. The summed E-state index contributed by atoms with van der Waals surface area (Å²) < 4.78 is 37.8. The molecule has 1 unspecified atom stereocenters. The summed E-state index contributed by atoms with van der Waals surface area (Å²) in [5.74, 6) is 0. The van der Waals surface area contributed by atoms with E-state index < -0.39 is 18.8 Å². The van der Waals surface area contributed by atoms with Crippen LogP contribution in [0.25, 0.3) is 0 Å². The van der Waals surface area contributed by atoms with Crippen LogP contribution in [0.3, 0.4) is 0 Å². The quantitative estimate of drug-likeness (QED) is 0.885. The lowest BCUT2D eigenvalue weighted by Gasteiger charge is -2.17. The maximum absolute atomic E-state index is 12.1. The standard InChI is InChI=1S/C10H13F3N4/c1-7(2)17-6-15-4-9(17)8(3-14)16-5-10(11,12)13/h4,6-8,16H,5H2,1-2H3. The molecule has 4 nitrogen and oxygen atoms in total. The van der Waals surface area contributed by atoms with Gasteiger partial charge in [0.25, 0.3) is 0 Å². The molecule has 17 heavy (non-hydrogen) atoms. The highest BCUT2D eigenvalue weighted by atomic mass is 19.4. The topological polar surface area (TPSA) is 53.6 Å². The highest BCUT2D eigenvalue weighted by Gasteiger charge is 2.29. The van der Waals surface area contributed by atoms with E-state index in [1.54, 1.807) is 10.6 Å². The van der Waals surface area contributed by atoms with Crippen LogP contribution < -0.4 is 5.32 Å². The molecule has 1 N–H and O–H groups in total. The van der Waals surface area contributed by atoms with E-state index in [-0.39, 0.29) is 6.04 Å². The number of nitriles is 1. The van der Waals surface area contributed by atoms with Crippen molar-refractivity contribution >= 4 is 0 Å². The monoisotopic (exact) mass is 246 g/mol. The van der Waals surface area contributed by atoms with Gasteiger partial charge in [0.1, 0.15) is 6.04 Å². The van der Waals surface area contributed by atoms with Crippen LogP contribution in [0.15, 0.2) is 12.5 Å². The van der Waals surface area contributed by atoms with Crippen LogP contribution in [0.5, 0.6) is 0 Å². The van der Waals surface area contributed by atoms with Crippen molar-refractivity contribution < 1.29 is 13.2 Å². The number of nitrogens with zero attached hydrogens (tertiary/aromatic N) is 3. The molecule has 0 fully saturated rings. The van der Waals surface area contributed by atoms with Crippen LogP contribution in [0.4, 0.5) is 13.2 Å². The fourth-order valence-corrected chi connectivity index (χ4v) is 1.40. The third kappa shape index (κ3) is 3.75. The molecule has 0 aliphatic heterocycles. The normalized spacial score (nSPS) is 13.7. The first kappa shape index (κ1) is 13.5. The molecule has 0 amide bonds. The van der Waals surface area contributed by atoms with Gasteiger partial charge in [0, 0.05) is 6.04 Å². The van der Waals surface area contributed by atoms with Crippen LogP contribution in [0.1, 0.15) is 31.6 Å². The number of nitrogens with one attached hydrogen (secondary N) is 1. The van der Waals surface area contributed by atoms with Crippen LogP contribution in [0, 0.1) is 11.3 Å². The SMILES string of the molecule is CC(C)n1cncc1C(C#N)NCC(F)(F)F. The van der Waals surface area contributed by atoms with Gasteiger partial charge in [0.15, 0.2) is 0 Å². The van der Waals surface area contributed by atoms with Crippen molar-refractivity contribution in [3.63, 3.8) is 0 Å². The first-order valence-electron chi connectivity index (χ1n) is 5.06. The Balaban J connectivity index is 2.81. The Bertz CT molecular complexity index is 402. The van der Waals surface area contributed by atoms with E-state index in [1.165, 1.54) is 12.5 Å². The van der Waals surface area contributed by atoms with Crippen molar-refractivity contribution in [3.05, 3.63) is 18.2 Å². The molecule has 1 heterocycles. The number of hydrogen-bond donors (Lipinski definition) is 1. The van der Waals surface area contributed by atoms with Gasteiger partial charge in [-0.1, -0.05) is 0 Å². The van der Waals surface area contributed by atoms with Gasteiger partial charge in [-0.15, -0.1) is 0 Å². The molecule has 7 heteroatoms. The number of alkyl halides is 3. The van der Waals surface area contributed by atoms with Crippen molar-refractivity contribution in [2.75, 3.05) is 6.54 Å². The van der Waals surface area contributed by atoms with Gasteiger partial charge in [-0.05, 0) is 13.8 Å². The van der Waals surface area contributed by atoms with E-state index in [4.69, 9.17) is 5.26 Å². The van der Waals surface area contributed by atoms with E-state index in [1.807, 2.05) is 13.8 Å². The number of rotatable bonds is 4. The molecule has 0 saturated carbocycles. The minimum atomic E-state index is -4.34. The van der Waals surface area contributed by atoms with E-state index in [0.717, 1.165) is 0 Å². The van der Waals surface area contributed by atoms with Crippen molar-refractivity contribution in [2.45, 2.75) is 32.1 Å². The molecule has 0 aliphatic carbocycles. The first-order valence-corrected chi connectivity index (χ1v) is 5.06. The van der Waals surface area contributed by atoms with Crippen molar-refractivity contribution in [3.8, 4) is 6.07 Å². The number of aromatic nitrogens is 2. The lowest BCUT2D eigenvalue weighted by Crippen LogP contribution is -2.32. The number of hydrogen-bond acceptors (Lipinski definition) is 3. The van der Waals surface area contributed by atoms with E-state index >= 15 is 0 Å². The van der Waals surface area contributed by atoms with E-state index in [9.17, 15) is 13.2 Å². The Labute approximate surface area is 97.1 Å². The molecule has 0 aromatic carbocycles. The van der Waals surface area contributed by atoms with Gasteiger partial charge in [-0.2, -0.15) is 18.4 Å². The summed E-state index contributed by atoms with van der Waals surface area (Å²) in [7, 11) is 0. The molecule has 0 aliphatic rings. The third-order valence-corrected chi connectivity index (χ3v) is 2.18. The second-order valence-electron chi connectivity index (χ2n) is 3.88. The molecule has 1 rings (SSSR count). The maximum Gasteiger partial charge on any atom is 0.401 e. The second kappa shape index (κ2) is 5.19. The largest absolute Gasteiger partial charge is 0.401 e. The summed E-state index contributed by atoms with van der Waals surface area (Å²) in [4.78, 5) is 3.85. The maximum atomic E-state index is 12.1. The average Bonchev–Trinajstić information content (AvgIpc) is 2.66. The second-order valence-corrected chi connectivity index (χ2v) is 3.88.